The van der Waals surface area contributed by atoms with Crippen LogP contribution in [0.4, 0.5) is 0 Å². The van der Waals surface area contributed by atoms with Gasteiger partial charge in [0, 0.05) is 42.1 Å². The van der Waals surface area contributed by atoms with Crippen LogP contribution in [0.3, 0.4) is 0 Å². The predicted octanol–water partition coefficient (Wildman–Crippen LogP) is -2.11. The van der Waals surface area contributed by atoms with E-state index in [9.17, 15) is 0 Å². The van der Waals surface area contributed by atoms with Gasteiger partial charge in [-0.25, -0.2) is 0 Å². The molecular formula is H5InMgMoW. The maximum Gasteiger partial charge on any atom is 0.316 e. The second kappa shape index (κ2) is 16.6. The quantitative estimate of drug-likeness (QED) is 0.391. The van der Waals surface area contributed by atoms with Crippen molar-refractivity contribution in [2.75, 3.05) is 0 Å². The van der Waals surface area contributed by atoms with Crippen LogP contribution < -0.4 is 0 Å². The molecule has 0 fully saturated rings. The Hall–Kier alpha value is 3.01. The van der Waals surface area contributed by atoms with E-state index >= 15 is 0 Å². The molecule has 0 aromatic heterocycles. The van der Waals surface area contributed by atoms with Crippen LogP contribution in [0.15, 0.2) is 0 Å². The zero-order valence-corrected chi connectivity index (χ0v) is 5.76. The zero-order chi connectivity index (χ0) is 0. The normalized spacial score (nSPS) is 0. The third kappa shape index (κ3) is 8.89. The zero-order valence-electron chi connectivity index (χ0n) is 0.816. The molecule has 0 unspecified atom stereocenters. The summed E-state index contributed by atoms with van der Waals surface area (Å²) >= 11 is 0. The Balaban J connectivity index is 0. The maximum absolute atomic E-state index is 0. The summed E-state index contributed by atoms with van der Waals surface area (Å²) in [7, 11) is 0. The van der Waals surface area contributed by atoms with Crippen LogP contribution in [0.5, 0.6) is 0 Å². The summed E-state index contributed by atoms with van der Waals surface area (Å²) in [5.41, 5.74) is 0. The van der Waals surface area contributed by atoms with Gasteiger partial charge in [-0.15, -0.1) is 0 Å². The SMILES string of the molecule is [InH3].[MgH2].[Mo].[W]. The first kappa shape index (κ1) is 27.9. The topological polar surface area (TPSA) is 0 Å². The van der Waals surface area contributed by atoms with Crippen LogP contribution >= 0.6 is 0 Å². The Morgan fingerprint density at radius 3 is 1.00 bits per heavy atom. The van der Waals surface area contributed by atoms with Gasteiger partial charge in [-0.2, -0.15) is 0 Å². The molecule has 0 N–H and O–H groups in total. The second-order valence-corrected chi connectivity index (χ2v) is 0. The van der Waals surface area contributed by atoms with Gasteiger partial charge in [-0.3, -0.25) is 0 Å². The van der Waals surface area contributed by atoms with E-state index in [0.717, 1.165) is 0 Å². The molecule has 0 aliphatic heterocycles. The molecule has 22 valence electrons. The van der Waals surface area contributed by atoms with Crippen LogP contribution in [0, 0.1) is 0 Å². The first-order valence-electron chi connectivity index (χ1n) is 0. The smallest absolute Gasteiger partial charge is 0 e. The average Bonchev–Trinajstić information content (AvgIpc) is 0. The standard InChI is InChI=1S/In.Mg.Mo.W.5H. The Bertz CT molecular complexity index is 8.00. The molecular weight excluding hydrogens is 419 g/mol. The van der Waals surface area contributed by atoms with Crippen molar-refractivity contribution >= 4 is 48.9 Å². The summed E-state index contributed by atoms with van der Waals surface area (Å²) in [6.45, 7) is 0. The molecule has 0 aliphatic rings. The molecule has 0 bridgehead atoms. The van der Waals surface area contributed by atoms with Crippen molar-refractivity contribution in [2.24, 2.45) is 0 Å². The molecule has 4 heteroatoms. The van der Waals surface area contributed by atoms with E-state index in [-0.39, 0.29) is 91.0 Å². The number of hydrogen-bond donors (Lipinski definition) is 0. The van der Waals surface area contributed by atoms with E-state index in [1.165, 1.54) is 0 Å². The van der Waals surface area contributed by atoms with Gasteiger partial charge in [0.1, 0.15) is 0 Å². The summed E-state index contributed by atoms with van der Waals surface area (Å²) in [6.07, 6.45) is 0. The third-order valence-electron chi connectivity index (χ3n) is 0. The van der Waals surface area contributed by atoms with Crippen LogP contribution in [-0.4, -0.2) is 48.9 Å². The molecule has 0 radical (unpaired) electrons. The minimum absolute atomic E-state index is 0. The van der Waals surface area contributed by atoms with Gasteiger partial charge < -0.3 is 0 Å². The van der Waals surface area contributed by atoms with Crippen molar-refractivity contribution in [1.82, 2.24) is 0 Å². The minimum atomic E-state index is 0. The fraction of sp³-hybridized carbons (Fsp3) is 0. The molecule has 0 spiro atoms. The molecule has 0 nitrogen and oxygen atoms in total. The van der Waals surface area contributed by atoms with E-state index in [4.69, 9.17) is 0 Å². The van der Waals surface area contributed by atoms with E-state index in [1.54, 1.807) is 0 Å². The average molecular weight is 424 g/mol. The molecule has 0 aromatic carbocycles. The molecule has 0 heterocycles. The first-order valence-corrected chi connectivity index (χ1v) is 0. The summed E-state index contributed by atoms with van der Waals surface area (Å²) in [4.78, 5) is 0. The summed E-state index contributed by atoms with van der Waals surface area (Å²) < 4.78 is 0. The monoisotopic (exact) mass is 426 g/mol. The summed E-state index contributed by atoms with van der Waals surface area (Å²) in [5.74, 6) is 0. The molecule has 0 saturated heterocycles. The number of rotatable bonds is 0. The van der Waals surface area contributed by atoms with Crippen molar-refractivity contribution in [1.29, 1.82) is 0 Å². The molecule has 0 aromatic rings. The number of hydrogen-bond acceptors (Lipinski definition) is 0. The molecule has 0 amide bonds. The molecule has 0 saturated carbocycles. The summed E-state index contributed by atoms with van der Waals surface area (Å²) in [5, 5.41) is 0. The maximum atomic E-state index is 0. The fourth-order valence-corrected chi connectivity index (χ4v) is 0. The Kier molecular flexibility index (Phi) is 116. The fourth-order valence-electron chi connectivity index (χ4n) is 0. The van der Waals surface area contributed by atoms with Crippen molar-refractivity contribution in [3.05, 3.63) is 0 Å². The van der Waals surface area contributed by atoms with E-state index < -0.39 is 0 Å². The van der Waals surface area contributed by atoms with E-state index in [1.807, 2.05) is 0 Å². The van der Waals surface area contributed by atoms with Crippen molar-refractivity contribution in [3.8, 4) is 0 Å². The molecule has 0 aliphatic carbocycles. The van der Waals surface area contributed by atoms with Crippen molar-refractivity contribution < 1.29 is 42.1 Å². The summed E-state index contributed by atoms with van der Waals surface area (Å²) in [6, 6.07) is 0. The van der Waals surface area contributed by atoms with E-state index in [2.05, 4.69) is 0 Å². The van der Waals surface area contributed by atoms with Crippen molar-refractivity contribution in [2.45, 2.75) is 0 Å². The van der Waals surface area contributed by atoms with Gasteiger partial charge in [0.15, 0.2) is 0 Å². The second-order valence-electron chi connectivity index (χ2n) is 0. The van der Waals surface area contributed by atoms with Crippen LogP contribution in [0.2, 0.25) is 0 Å². The Morgan fingerprint density at radius 2 is 1.00 bits per heavy atom. The molecule has 4 heavy (non-hydrogen) atoms. The van der Waals surface area contributed by atoms with Gasteiger partial charge in [0.05, 0.1) is 0 Å². The predicted molar refractivity (Wildman–Crippen MR) is 18.5 cm³/mol. The van der Waals surface area contributed by atoms with Gasteiger partial charge in [0.2, 0.25) is 0 Å². The van der Waals surface area contributed by atoms with Gasteiger partial charge in [0.25, 0.3) is 0 Å². The third-order valence-corrected chi connectivity index (χ3v) is 0. The molecule has 0 atom stereocenters. The molecule has 0 rings (SSSR count). The van der Waals surface area contributed by atoms with Crippen LogP contribution in [0.1, 0.15) is 0 Å². The van der Waals surface area contributed by atoms with Gasteiger partial charge in [-0.1, -0.05) is 0 Å². The van der Waals surface area contributed by atoms with Crippen LogP contribution in [-0.2, 0) is 42.1 Å². The largest absolute Gasteiger partial charge is 0.316 e. The first-order chi connectivity index (χ1) is 0. The van der Waals surface area contributed by atoms with Gasteiger partial charge in [-0.05, 0) is 0 Å². The van der Waals surface area contributed by atoms with Crippen molar-refractivity contribution in [3.63, 3.8) is 0 Å². The minimum Gasteiger partial charge on any atom is 0 e. The van der Waals surface area contributed by atoms with E-state index in [0.29, 0.717) is 0 Å². The van der Waals surface area contributed by atoms with Crippen LogP contribution in [0.25, 0.3) is 0 Å². The van der Waals surface area contributed by atoms with Gasteiger partial charge >= 0.3 is 48.9 Å². The Labute approximate surface area is 89.3 Å². The Morgan fingerprint density at radius 1 is 1.00 bits per heavy atom.